The molecule has 0 radical (unpaired) electrons. The molecule has 3 N–H and O–H groups in total. The van der Waals surface area contributed by atoms with Crippen molar-refractivity contribution in [1.82, 2.24) is 15.4 Å². The van der Waals surface area contributed by atoms with Gasteiger partial charge in [0.25, 0.3) is 5.91 Å². The first-order valence-electron chi connectivity index (χ1n) is 8.21. The number of amides is 1. The fourth-order valence-corrected chi connectivity index (χ4v) is 4.02. The lowest BCUT2D eigenvalue weighted by atomic mass is 10.2. The number of aryl methyl sites for hydroxylation is 1. The Morgan fingerprint density at radius 3 is 2.79 bits per heavy atom. The van der Waals surface area contributed by atoms with Gasteiger partial charge in [0.05, 0.1) is 16.5 Å². The van der Waals surface area contributed by atoms with Gasteiger partial charge in [0.1, 0.15) is 28.5 Å². The first kappa shape index (κ1) is 18.3. The Balaban J connectivity index is 1.48. The number of fused-ring (bicyclic) bond motifs is 1. The molecule has 0 bridgehead atoms. The molecule has 1 aromatic carbocycles. The lowest BCUT2D eigenvalue weighted by Crippen LogP contribution is -2.17. The van der Waals surface area contributed by atoms with Gasteiger partial charge in [-0.2, -0.15) is 5.10 Å². The van der Waals surface area contributed by atoms with Crippen LogP contribution in [0, 0.1) is 6.92 Å². The van der Waals surface area contributed by atoms with Gasteiger partial charge in [0.2, 0.25) is 0 Å². The van der Waals surface area contributed by atoms with Crippen molar-refractivity contribution in [2.75, 3.05) is 5.73 Å². The fourth-order valence-electron chi connectivity index (χ4n) is 2.71. The minimum Gasteiger partial charge on any atom is -0.455 e. The van der Waals surface area contributed by atoms with Crippen molar-refractivity contribution in [2.45, 2.75) is 6.92 Å². The van der Waals surface area contributed by atoms with Crippen molar-refractivity contribution in [1.29, 1.82) is 0 Å². The lowest BCUT2D eigenvalue weighted by molar-refractivity contribution is 0.0958. The van der Waals surface area contributed by atoms with E-state index in [9.17, 15) is 4.79 Å². The summed E-state index contributed by atoms with van der Waals surface area (Å²) in [4.78, 5) is 21.8. The van der Waals surface area contributed by atoms with Crippen LogP contribution in [0.2, 0.25) is 0 Å². The smallest absolute Gasteiger partial charge is 0.281 e. The van der Waals surface area contributed by atoms with E-state index in [0.717, 1.165) is 21.4 Å². The Hall–Kier alpha value is -3.04. The Labute approximate surface area is 172 Å². The number of hydrogen-bond acceptors (Lipinski definition) is 7. The summed E-state index contributed by atoms with van der Waals surface area (Å²) in [6, 6.07) is 11.4. The summed E-state index contributed by atoms with van der Waals surface area (Å²) in [5.74, 6) is 1.27. The van der Waals surface area contributed by atoms with Crippen molar-refractivity contribution < 1.29 is 9.21 Å². The predicted octanol–water partition coefficient (Wildman–Crippen LogP) is 4.37. The van der Waals surface area contributed by atoms with E-state index in [2.05, 4.69) is 36.4 Å². The fraction of sp³-hybridized carbons (Fsp3) is 0.0526. The maximum Gasteiger partial charge on any atom is 0.281 e. The summed E-state index contributed by atoms with van der Waals surface area (Å²) in [7, 11) is 0. The molecule has 0 fully saturated rings. The first-order valence-corrected chi connectivity index (χ1v) is 9.82. The zero-order chi connectivity index (χ0) is 19.7. The number of nitrogens with two attached hydrogens (primary N) is 1. The number of thiophene rings is 1. The average molecular weight is 456 g/mol. The van der Waals surface area contributed by atoms with Crippen molar-refractivity contribution in [3.63, 3.8) is 0 Å². The molecule has 0 saturated carbocycles. The molecule has 4 aromatic rings. The number of hydrogen-bond donors (Lipinski definition) is 2. The van der Waals surface area contributed by atoms with E-state index in [4.69, 9.17) is 10.2 Å². The minimum absolute atomic E-state index is 0.337. The van der Waals surface area contributed by atoms with Crippen molar-refractivity contribution in [3.05, 3.63) is 63.4 Å². The van der Waals surface area contributed by atoms with Gasteiger partial charge < -0.3 is 10.2 Å². The standard InChI is InChI=1S/C19H14BrN5O2S/c1-10-15-17(21)22-9-23-19(15)28-16(10)18(26)25-24-8-13-6-7-14(27-13)11-2-4-12(20)5-3-11/h2-9H,1H3,(H,25,26)(H2,21,22,23)/b24-8-. The quantitative estimate of drug-likeness (QED) is 0.351. The van der Waals surface area contributed by atoms with Crippen LogP contribution in [0.25, 0.3) is 21.5 Å². The molecule has 1 amide bonds. The molecule has 3 aromatic heterocycles. The number of nitrogens with one attached hydrogen (secondary N) is 1. The third-order valence-electron chi connectivity index (χ3n) is 4.08. The van der Waals surface area contributed by atoms with E-state index in [1.165, 1.54) is 23.9 Å². The lowest BCUT2D eigenvalue weighted by Gasteiger charge is -1.98. The second-order valence-electron chi connectivity index (χ2n) is 5.90. The molecule has 0 unspecified atom stereocenters. The topological polar surface area (TPSA) is 106 Å². The molecule has 0 atom stereocenters. The van der Waals surface area contributed by atoms with Crippen molar-refractivity contribution >= 4 is 55.4 Å². The Kier molecular flexibility index (Phi) is 4.93. The number of carbonyl (C=O) groups is 1. The summed E-state index contributed by atoms with van der Waals surface area (Å²) in [5.41, 5.74) is 10.1. The van der Waals surface area contributed by atoms with E-state index in [0.29, 0.717) is 26.7 Å². The second-order valence-corrected chi connectivity index (χ2v) is 7.82. The number of carbonyl (C=O) groups excluding carboxylic acids is 1. The van der Waals surface area contributed by atoms with Crippen molar-refractivity contribution in [2.24, 2.45) is 5.10 Å². The summed E-state index contributed by atoms with van der Waals surface area (Å²) in [5, 5.41) is 4.69. The second kappa shape index (κ2) is 7.53. The number of anilines is 1. The number of rotatable bonds is 4. The molecule has 7 nitrogen and oxygen atoms in total. The molecule has 0 spiro atoms. The van der Waals surface area contributed by atoms with Gasteiger partial charge in [-0.05, 0) is 36.8 Å². The van der Waals surface area contributed by atoms with E-state index in [-0.39, 0.29) is 5.91 Å². The summed E-state index contributed by atoms with van der Waals surface area (Å²) < 4.78 is 6.73. The number of nitrogen functional groups attached to an aromatic ring is 1. The Morgan fingerprint density at radius 2 is 2.04 bits per heavy atom. The number of hydrazone groups is 1. The van der Waals surface area contributed by atoms with Gasteiger partial charge in [-0.25, -0.2) is 15.4 Å². The van der Waals surface area contributed by atoms with Crippen LogP contribution >= 0.6 is 27.3 Å². The molecule has 140 valence electrons. The molecule has 0 saturated heterocycles. The Bertz CT molecular complexity index is 1200. The summed E-state index contributed by atoms with van der Waals surface area (Å²) in [6.45, 7) is 1.81. The normalized spacial score (nSPS) is 11.4. The highest BCUT2D eigenvalue weighted by Crippen LogP contribution is 2.31. The van der Waals surface area contributed by atoms with Crippen LogP contribution in [-0.4, -0.2) is 22.1 Å². The minimum atomic E-state index is -0.337. The molecule has 0 aliphatic carbocycles. The number of nitrogens with zero attached hydrogens (tertiary/aromatic N) is 3. The Morgan fingerprint density at radius 1 is 1.25 bits per heavy atom. The van der Waals surface area contributed by atoms with Crippen LogP contribution in [0.15, 0.2) is 56.7 Å². The molecule has 9 heteroatoms. The van der Waals surface area contributed by atoms with Gasteiger partial charge in [-0.3, -0.25) is 4.79 Å². The molecule has 3 heterocycles. The molecular formula is C19H14BrN5O2S. The molecule has 0 aliphatic rings. The highest BCUT2D eigenvalue weighted by Gasteiger charge is 2.18. The highest BCUT2D eigenvalue weighted by molar-refractivity contribution is 9.10. The van der Waals surface area contributed by atoms with Crippen LogP contribution in [0.5, 0.6) is 0 Å². The van der Waals surface area contributed by atoms with Crippen LogP contribution < -0.4 is 11.2 Å². The van der Waals surface area contributed by atoms with E-state index < -0.39 is 0 Å². The first-order chi connectivity index (χ1) is 13.5. The van der Waals surface area contributed by atoms with E-state index in [1.54, 1.807) is 6.07 Å². The molecule has 4 rings (SSSR count). The molecule has 28 heavy (non-hydrogen) atoms. The maximum absolute atomic E-state index is 12.5. The number of furan rings is 1. The van der Waals surface area contributed by atoms with Crippen LogP contribution in [0.4, 0.5) is 5.82 Å². The van der Waals surface area contributed by atoms with E-state index in [1.807, 2.05) is 37.3 Å². The summed E-state index contributed by atoms with van der Waals surface area (Å²) >= 11 is 4.66. The summed E-state index contributed by atoms with van der Waals surface area (Å²) in [6.07, 6.45) is 2.84. The molecular weight excluding hydrogens is 442 g/mol. The maximum atomic E-state index is 12.5. The van der Waals surface area contributed by atoms with Crippen LogP contribution in [-0.2, 0) is 0 Å². The largest absolute Gasteiger partial charge is 0.455 e. The third-order valence-corrected chi connectivity index (χ3v) is 5.80. The van der Waals surface area contributed by atoms with Gasteiger partial charge in [0.15, 0.2) is 0 Å². The van der Waals surface area contributed by atoms with Gasteiger partial charge in [-0.15, -0.1) is 11.3 Å². The number of halogens is 1. The average Bonchev–Trinajstić information content (AvgIpc) is 3.28. The molecule has 0 aliphatic heterocycles. The van der Waals surface area contributed by atoms with Gasteiger partial charge in [-0.1, -0.05) is 28.1 Å². The predicted molar refractivity (Wildman–Crippen MR) is 113 cm³/mol. The van der Waals surface area contributed by atoms with Gasteiger partial charge >= 0.3 is 0 Å². The van der Waals surface area contributed by atoms with Crippen LogP contribution in [0.1, 0.15) is 21.0 Å². The van der Waals surface area contributed by atoms with Crippen LogP contribution in [0.3, 0.4) is 0 Å². The third kappa shape index (κ3) is 3.54. The number of benzene rings is 1. The zero-order valence-corrected chi connectivity index (χ0v) is 17.0. The zero-order valence-electron chi connectivity index (χ0n) is 14.6. The SMILES string of the molecule is Cc1c(C(=O)N/N=C\c2ccc(-c3ccc(Br)cc3)o2)sc2ncnc(N)c12. The number of aromatic nitrogens is 2. The van der Waals surface area contributed by atoms with E-state index >= 15 is 0 Å². The highest BCUT2D eigenvalue weighted by atomic mass is 79.9. The monoisotopic (exact) mass is 455 g/mol. The van der Waals surface area contributed by atoms with Crippen molar-refractivity contribution in [3.8, 4) is 11.3 Å². The van der Waals surface area contributed by atoms with Gasteiger partial charge in [0, 0.05) is 10.0 Å².